The standard InChI is InChI=1S/C30H28N2O4/c1-21(25-17-9-13-23-11-3-5-15-27(23)25)31-35-29(33)19-7-8-20-30(34)36-32-22(2)26-18-10-14-24-12-4-6-16-28(24)26/h3-22,31-32H,1-2H3/q+2/b19-7-,20-8-. The number of carbonyl (C=O) groups excluding carboxylic acids is 2. The molecule has 0 radical (unpaired) electrons. The molecule has 3 aromatic carbocycles. The average Bonchev–Trinajstić information content (AvgIpc) is 2.92. The van der Waals surface area contributed by atoms with Crippen LogP contribution in [0.4, 0.5) is 0 Å². The molecule has 0 aliphatic heterocycles. The van der Waals surface area contributed by atoms with E-state index >= 15 is 0 Å². The van der Waals surface area contributed by atoms with E-state index in [0.717, 1.165) is 33.0 Å². The van der Waals surface area contributed by atoms with Gasteiger partial charge in [-0.15, -0.1) is 11.0 Å². The van der Waals surface area contributed by atoms with Crippen LogP contribution in [0.1, 0.15) is 48.2 Å². The van der Waals surface area contributed by atoms with Crippen LogP contribution in [0.3, 0.4) is 0 Å². The summed E-state index contributed by atoms with van der Waals surface area (Å²) in [5, 5.41) is 2.21. The Morgan fingerprint density at radius 2 is 1.33 bits per heavy atom. The minimum Gasteiger partial charge on any atom is -0.367 e. The van der Waals surface area contributed by atoms with Crippen molar-refractivity contribution in [2.45, 2.75) is 25.9 Å². The van der Waals surface area contributed by atoms with Crippen LogP contribution < -0.4 is 11.0 Å². The second-order valence-electron chi connectivity index (χ2n) is 8.38. The summed E-state index contributed by atoms with van der Waals surface area (Å²) < 4.78 is 0. The van der Waals surface area contributed by atoms with Gasteiger partial charge >= 0.3 is 11.9 Å². The number of fused-ring (bicyclic) bond motifs is 2. The molecule has 0 heterocycles. The third-order valence-corrected chi connectivity index (χ3v) is 5.83. The molecule has 2 unspecified atom stereocenters. The van der Waals surface area contributed by atoms with E-state index < -0.39 is 11.9 Å². The van der Waals surface area contributed by atoms with Gasteiger partial charge in [0.2, 0.25) is 0 Å². The number of nitrogens with one attached hydrogen (secondary N) is 2. The Hall–Kier alpha value is -4.26. The first-order valence-electron chi connectivity index (χ1n) is 11.8. The highest BCUT2D eigenvalue weighted by Gasteiger charge is 2.28. The lowest BCUT2D eigenvalue weighted by atomic mass is 9.90. The van der Waals surface area contributed by atoms with Crippen molar-refractivity contribution in [2.24, 2.45) is 0 Å². The van der Waals surface area contributed by atoms with Crippen LogP contribution in [0.15, 0.2) is 97.1 Å². The topological polar surface area (TPSA) is 76.7 Å². The van der Waals surface area contributed by atoms with Gasteiger partial charge in [-0.25, -0.2) is 9.59 Å². The van der Waals surface area contributed by atoms with Crippen LogP contribution in [-0.2, 0) is 19.3 Å². The molecule has 0 saturated carbocycles. The van der Waals surface area contributed by atoms with Crippen molar-refractivity contribution in [3.05, 3.63) is 132 Å². The third-order valence-electron chi connectivity index (χ3n) is 5.83. The number of hydroxylamine groups is 2. The van der Waals surface area contributed by atoms with E-state index in [1.54, 1.807) is 0 Å². The number of benzene rings is 3. The predicted molar refractivity (Wildman–Crippen MR) is 140 cm³/mol. The third kappa shape index (κ3) is 6.24. The van der Waals surface area contributed by atoms with Gasteiger partial charge in [-0.2, -0.15) is 0 Å². The SMILES string of the molecule is CC(NOC(=O)/C=C\C=C/C(=O)ONC(C)c1cccc2ccccc12)c1cccc2c1[CH+]C=C[CH+]2. The highest BCUT2D eigenvalue weighted by molar-refractivity contribution is 5.86. The Kier molecular flexibility index (Phi) is 8.24. The lowest BCUT2D eigenvalue weighted by molar-refractivity contribution is -0.147. The van der Waals surface area contributed by atoms with E-state index in [1.165, 1.54) is 24.3 Å². The lowest BCUT2D eigenvalue weighted by Crippen LogP contribution is -2.23. The fourth-order valence-electron chi connectivity index (χ4n) is 4.01. The maximum atomic E-state index is 12.0. The number of allylic oxidation sites excluding steroid dienone is 4. The summed E-state index contributed by atoms with van der Waals surface area (Å²) in [5.74, 6) is -1.16. The molecule has 0 amide bonds. The van der Waals surface area contributed by atoms with Crippen LogP contribution in [-0.4, -0.2) is 11.9 Å². The molecule has 6 heteroatoms. The molecule has 36 heavy (non-hydrogen) atoms. The molecule has 4 rings (SSSR count). The zero-order valence-corrected chi connectivity index (χ0v) is 20.2. The van der Waals surface area contributed by atoms with Crippen LogP contribution >= 0.6 is 0 Å². The second-order valence-corrected chi connectivity index (χ2v) is 8.38. The van der Waals surface area contributed by atoms with Crippen molar-refractivity contribution in [1.29, 1.82) is 0 Å². The van der Waals surface area contributed by atoms with E-state index in [0.29, 0.717) is 0 Å². The zero-order valence-electron chi connectivity index (χ0n) is 20.2. The van der Waals surface area contributed by atoms with E-state index in [-0.39, 0.29) is 12.1 Å². The Balaban J connectivity index is 1.21. The molecule has 3 aromatic rings. The molecular formula is C30H28N2O4+2. The second kappa shape index (κ2) is 11.9. The van der Waals surface area contributed by atoms with Crippen LogP contribution in [0, 0.1) is 12.8 Å². The number of rotatable bonds is 9. The molecule has 1 aliphatic rings. The number of hydrogen-bond acceptors (Lipinski definition) is 6. The van der Waals surface area contributed by atoms with Crippen molar-refractivity contribution in [1.82, 2.24) is 11.0 Å². The minimum atomic E-state index is -0.581. The minimum absolute atomic E-state index is 0.200. The van der Waals surface area contributed by atoms with Gasteiger partial charge in [0, 0.05) is 24.3 Å². The van der Waals surface area contributed by atoms with Gasteiger partial charge < -0.3 is 9.68 Å². The maximum Gasteiger partial charge on any atom is 0.349 e. The smallest absolute Gasteiger partial charge is 0.349 e. The monoisotopic (exact) mass is 480 g/mol. The van der Waals surface area contributed by atoms with Crippen LogP contribution in [0.2, 0.25) is 0 Å². The van der Waals surface area contributed by atoms with Crippen molar-refractivity contribution in [3.8, 4) is 0 Å². The summed E-state index contributed by atoms with van der Waals surface area (Å²) in [7, 11) is 0. The van der Waals surface area contributed by atoms with Gasteiger partial charge in [0.25, 0.3) is 0 Å². The molecule has 0 fully saturated rings. The van der Waals surface area contributed by atoms with Gasteiger partial charge in [0.05, 0.1) is 24.3 Å². The molecule has 0 saturated heterocycles. The molecule has 180 valence electrons. The van der Waals surface area contributed by atoms with Gasteiger partial charge in [0.1, 0.15) is 24.4 Å². The average molecular weight is 481 g/mol. The van der Waals surface area contributed by atoms with E-state index in [4.69, 9.17) is 9.68 Å². The first-order chi connectivity index (χ1) is 17.5. The van der Waals surface area contributed by atoms with Crippen LogP contribution in [0.25, 0.3) is 10.8 Å². The maximum absolute atomic E-state index is 12.0. The summed E-state index contributed by atoms with van der Waals surface area (Å²) >= 11 is 0. The first-order valence-corrected chi connectivity index (χ1v) is 11.8. The van der Waals surface area contributed by atoms with Crippen molar-refractivity contribution in [2.75, 3.05) is 0 Å². The van der Waals surface area contributed by atoms with Crippen LogP contribution in [0.5, 0.6) is 0 Å². The molecule has 1 aliphatic carbocycles. The van der Waals surface area contributed by atoms with Gasteiger partial charge in [-0.1, -0.05) is 54.6 Å². The van der Waals surface area contributed by atoms with Gasteiger partial charge in [0.15, 0.2) is 11.1 Å². The van der Waals surface area contributed by atoms with Gasteiger partial charge in [-0.3, -0.25) is 0 Å². The molecule has 6 nitrogen and oxygen atoms in total. The van der Waals surface area contributed by atoms with Gasteiger partial charge in [-0.05, 0) is 30.2 Å². The fourth-order valence-corrected chi connectivity index (χ4v) is 4.01. The molecule has 0 bridgehead atoms. The number of hydrogen-bond donors (Lipinski definition) is 2. The normalized spacial score (nSPS) is 14.2. The summed E-state index contributed by atoms with van der Waals surface area (Å²) in [6, 6.07) is 19.6. The predicted octanol–water partition coefficient (Wildman–Crippen LogP) is 5.54. The zero-order chi connectivity index (χ0) is 25.3. The first kappa shape index (κ1) is 24.9. The highest BCUT2D eigenvalue weighted by Crippen LogP contribution is 2.27. The Morgan fingerprint density at radius 3 is 2.08 bits per heavy atom. The number of carbonyl (C=O) groups is 2. The van der Waals surface area contributed by atoms with E-state index in [9.17, 15) is 9.59 Å². The highest BCUT2D eigenvalue weighted by atomic mass is 16.7. The quantitative estimate of drug-likeness (QED) is 0.181. The Morgan fingerprint density at radius 1 is 0.750 bits per heavy atom. The van der Waals surface area contributed by atoms with Crippen molar-refractivity contribution in [3.63, 3.8) is 0 Å². The molecule has 0 aromatic heterocycles. The van der Waals surface area contributed by atoms with E-state index in [1.807, 2.05) is 99.5 Å². The summed E-state index contributed by atoms with van der Waals surface area (Å²) in [6.07, 6.45) is 13.3. The molecule has 0 spiro atoms. The Bertz CT molecular complexity index is 1320. The van der Waals surface area contributed by atoms with Crippen molar-refractivity contribution >= 4 is 22.7 Å². The molecule has 2 atom stereocenters. The fraction of sp³-hybridized carbons (Fsp3) is 0.133. The molecule has 2 N–H and O–H groups in total. The lowest BCUT2D eigenvalue weighted by Gasteiger charge is -2.15. The Labute approximate surface area is 211 Å². The summed E-state index contributed by atoms with van der Waals surface area (Å²) in [4.78, 5) is 34.3. The van der Waals surface area contributed by atoms with Crippen molar-refractivity contribution < 1.29 is 19.3 Å². The molecular weight excluding hydrogens is 452 g/mol. The summed E-state index contributed by atoms with van der Waals surface area (Å²) in [5.41, 5.74) is 9.81. The van der Waals surface area contributed by atoms with E-state index in [2.05, 4.69) is 11.0 Å². The summed E-state index contributed by atoms with van der Waals surface area (Å²) in [6.45, 7) is 3.84. The largest absolute Gasteiger partial charge is 0.367 e.